The normalized spacial score (nSPS) is 40.9. The number of rotatable bonds is 2. The Hall–Kier alpha value is -0.200. The largest absolute Gasteiger partial charge is 0.394 e. The Labute approximate surface area is 63.8 Å². The van der Waals surface area contributed by atoms with Crippen LogP contribution in [0.2, 0.25) is 0 Å². The summed E-state index contributed by atoms with van der Waals surface area (Å²) in [5, 5.41) is 35.4. The molecule has 0 aromatic carbocycles. The fourth-order valence-electron chi connectivity index (χ4n) is 1.12. The van der Waals surface area contributed by atoms with Crippen molar-refractivity contribution >= 4 is 0 Å². The fraction of sp³-hybridized carbons (Fsp3) is 1.00. The summed E-state index contributed by atoms with van der Waals surface area (Å²) in [6, 6.07) is 0. The van der Waals surface area contributed by atoms with Crippen molar-refractivity contribution in [3.8, 4) is 0 Å². The topological polar surface area (TPSA) is 90.2 Å². The van der Waals surface area contributed by atoms with Gasteiger partial charge in [0.25, 0.3) is 0 Å². The molecule has 0 aromatic rings. The molecule has 1 saturated heterocycles. The third kappa shape index (κ3) is 1.88. The lowest BCUT2D eigenvalue weighted by Gasteiger charge is -2.17. The van der Waals surface area contributed by atoms with Crippen molar-refractivity contribution in [2.45, 2.75) is 31.0 Å². The van der Waals surface area contributed by atoms with E-state index in [0.29, 0.717) is 0 Å². The van der Waals surface area contributed by atoms with Gasteiger partial charge in [0, 0.05) is 6.42 Å². The third-order valence-corrected chi connectivity index (χ3v) is 1.70. The van der Waals surface area contributed by atoms with Gasteiger partial charge in [-0.15, -0.1) is 0 Å². The van der Waals surface area contributed by atoms with Crippen LogP contribution >= 0.6 is 0 Å². The van der Waals surface area contributed by atoms with Crippen molar-refractivity contribution < 1.29 is 25.2 Å². The molecule has 5 heteroatoms. The van der Waals surface area contributed by atoms with Gasteiger partial charge < -0.3 is 25.2 Å². The van der Waals surface area contributed by atoms with Gasteiger partial charge in [-0.05, 0) is 0 Å². The first kappa shape index (κ1) is 8.89. The first-order chi connectivity index (χ1) is 5.15. The number of aliphatic hydroxyl groups excluding tert-OH is 4. The molecule has 66 valence electrons. The molecule has 4 N–H and O–H groups in total. The van der Waals surface area contributed by atoms with E-state index in [1.54, 1.807) is 0 Å². The Kier molecular flexibility index (Phi) is 2.80. The summed E-state index contributed by atoms with van der Waals surface area (Å²) in [5.41, 5.74) is 0. The van der Waals surface area contributed by atoms with Crippen LogP contribution in [0.1, 0.15) is 6.42 Å². The molecule has 0 aliphatic carbocycles. The Morgan fingerprint density at radius 2 is 2.09 bits per heavy atom. The number of hydrogen-bond donors (Lipinski definition) is 4. The summed E-state index contributed by atoms with van der Waals surface area (Å²) in [7, 11) is 0. The van der Waals surface area contributed by atoms with Crippen molar-refractivity contribution in [2.75, 3.05) is 6.61 Å². The van der Waals surface area contributed by atoms with E-state index < -0.39 is 31.2 Å². The predicted octanol–water partition coefficient (Wildman–Crippen LogP) is -2.19. The van der Waals surface area contributed by atoms with Crippen molar-refractivity contribution in [1.82, 2.24) is 0 Å². The fourth-order valence-corrected chi connectivity index (χ4v) is 1.12. The Morgan fingerprint density at radius 3 is 2.45 bits per heavy atom. The van der Waals surface area contributed by atoms with Crippen molar-refractivity contribution in [3.63, 3.8) is 0 Å². The summed E-state index contributed by atoms with van der Waals surface area (Å²) >= 11 is 0. The zero-order chi connectivity index (χ0) is 8.43. The maximum atomic E-state index is 9.10. The first-order valence-electron chi connectivity index (χ1n) is 3.45. The maximum absolute atomic E-state index is 9.10. The van der Waals surface area contributed by atoms with Gasteiger partial charge in [-0.25, -0.2) is 0 Å². The van der Waals surface area contributed by atoms with Crippen LogP contribution in [0.25, 0.3) is 0 Å². The van der Waals surface area contributed by atoms with E-state index >= 15 is 0 Å². The van der Waals surface area contributed by atoms with Crippen molar-refractivity contribution in [1.29, 1.82) is 0 Å². The SMILES string of the molecule is OC[C@@H](O)[C@H]1O[C@@H](O)C[C@@H]1O. The Morgan fingerprint density at radius 1 is 1.45 bits per heavy atom. The molecule has 11 heavy (non-hydrogen) atoms. The molecule has 4 atom stereocenters. The highest BCUT2D eigenvalue weighted by Crippen LogP contribution is 2.20. The van der Waals surface area contributed by atoms with Crippen LogP contribution < -0.4 is 0 Å². The highest BCUT2D eigenvalue weighted by atomic mass is 16.6. The lowest BCUT2D eigenvalue weighted by molar-refractivity contribution is -0.136. The summed E-state index contributed by atoms with van der Waals surface area (Å²) in [6.07, 6.45) is -3.83. The number of aliphatic hydroxyl groups is 4. The monoisotopic (exact) mass is 164 g/mol. The molecule has 1 fully saturated rings. The molecule has 0 unspecified atom stereocenters. The first-order valence-corrected chi connectivity index (χ1v) is 3.45. The molecule has 0 saturated carbocycles. The summed E-state index contributed by atoms with van der Waals surface area (Å²) in [6.45, 7) is -0.478. The lowest BCUT2D eigenvalue weighted by atomic mass is 10.1. The highest BCUT2D eigenvalue weighted by Gasteiger charge is 2.37. The van der Waals surface area contributed by atoms with E-state index in [1.165, 1.54) is 0 Å². The van der Waals surface area contributed by atoms with Crippen LogP contribution in [0.15, 0.2) is 0 Å². The highest BCUT2D eigenvalue weighted by molar-refractivity contribution is 4.82. The average Bonchev–Trinajstić information content (AvgIpc) is 2.28. The molecule has 0 radical (unpaired) electrons. The zero-order valence-electron chi connectivity index (χ0n) is 5.92. The average molecular weight is 164 g/mol. The van der Waals surface area contributed by atoms with E-state index in [1.807, 2.05) is 0 Å². The minimum Gasteiger partial charge on any atom is -0.394 e. The molecular formula is C6H12O5. The second-order valence-electron chi connectivity index (χ2n) is 2.61. The van der Waals surface area contributed by atoms with Gasteiger partial charge >= 0.3 is 0 Å². The van der Waals surface area contributed by atoms with Crippen molar-refractivity contribution in [3.05, 3.63) is 0 Å². The standard InChI is InChI=1S/C6H12O5/c7-2-4(9)6-3(8)1-5(10)11-6/h3-10H,1-2H2/t3-,4+,5+,6-/m0/s1. The Balaban J connectivity index is 2.45. The van der Waals surface area contributed by atoms with Gasteiger partial charge in [-0.1, -0.05) is 0 Å². The van der Waals surface area contributed by atoms with E-state index in [-0.39, 0.29) is 6.42 Å². The van der Waals surface area contributed by atoms with Gasteiger partial charge in [-0.2, -0.15) is 0 Å². The molecule has 5 nitrogen and oxygen atoms in total. The molecule has 0 bridgehead atoms. The Bertz CT molecular complexity index is 124. The van der Waals surface area contributed by atoms with Crippen LogP contribution in [0.3, 0.4) is 0 Å². The second-order valence-corrected chi connectivity index (χ2v) is 2.61. The van der Waals surface area contributed by atoms with E-state index in [2.05, 4.69) is 0 Å². The second kappa shape index (κ2) is 3.46. The minimum absolute atomic E-state index is 0.0850. The van der Waals surface area contributed by atoms with Crippen LogP contribution in [-0.2, 0) is 4.74 Å². The van der Waals surface area contributed by atoms with Gasteiger partial charge in [0.2, 0.25) is 0 Å². The van der Waals surface area contributed by atoms with Crippen LogP contribution in [0.4, 0.5) is 0 Å². The lowest BCUT2D eigenvalue weighted by Crippen LogP contribution is -2.36. The maximum Gasteiger partial charge on any atom is 0.157 e. The quantitative estimate of drug-likeness (QED) is 0.372. The smallest absolute Gasteiger partial charge is 0.157 e. The van der Waals surface area contributed by atoms with Gasteiger partial charge in [0.1, 0.15) is 12.2 Å². The third-order valence-electron chi connectivity index (χ3n) is 1.70. The number of ether oxygens (including phenoxy) is 1. The number of hydrogen-bond acceptors (Lipinski definition) is 5. The van der Waals surface area contributed by atoms with Crippen LogP contribution in [0, 0.1) is 0 Å². The van der Waals surface area contributed by atoms with Crippen molar-refractivity contribution in [2.24, 2.45) is 0 Å². The van der Waals surface area contributed by atoms with E-state index in [9.17, 15) is 0 Å². The summed E-state index contributed by atoms with van der Waals surface area (Å²) in [4.78, 5) is 0. The van der Waals surface area contributed by atoms with Crippen LogP contribution in [0.5, 0.6) is 0 Å². The molecule has 1 heterocycles. The van der Waals surface area contributed by atoms with E-state index in [0.717, 1.165) is 0 Å². The van der Waals surface area contributed by atoms with Crippen LogP contribution in [-0.4, -0.2) is 51.6 Å². The zero-order valence-corrected chi connectivity index (χ0v) is 5.92. The van der Waals surface area contributed by atoms with Gasteiger partial charge in [0.05, 0.1) is 12.7 Å². The molecule has 0 spiro atoms. The molecule has 1 rings (SSSR count). The molecular weight excluding hydrogens is 152 g/mol. The summed E-state index contributed by atoms with van der Waals surface area (Å²) in [5.74, 6) is 0. The minimum atomic E-state index is -1.12. The van der Waals surface area contributed by atoms with E-state index in [4.69, 9.17) is 25.2 Å². The molecule has 0 aromatic heterocycles. The molecule has 1 aliphatic heterocycles. The molecule has 1 aliphatic rings. The van der Waals surface area contributed by atoms with Gasteiger partial charge in [0.15, 0.2) is 6.29 Å². The molecule has 0 amide bonds. The predicted molar refractivity (Wildman–Crippen MR) is 34.6 cm³/mol. The van der Waals surface area contributed by atoms with Gasteiger partial charge in [-0.3, -0.25) is 0 Å². The summed E-state index contributed by atoms with van der Waals surface area (Å²) < 4.78 is 4.72.